The maximum atomic E-state index is 13.2. The summed E-state index contributed by atoms with van der Waals surface area (Å²) in [5.41, 5.74) is -0.0997. The van der Waals surface area contributed by atoms with Crippen LogP contribution in [0.3, 0.4) is 0 Å². The molecule has 8 nitrogen and oxygen atoms in total. The fraction of sp³-hybridized carbons (Fsp3) is 0.188. The van der Waals surface area contributed by atoms with Gasteiger partial charge in [0.1, 0.15) is 17.3 Å². The van der Waals surface area contributed by atoms with E-state index in [2.05, 4.69) is 5.32 Å². The molecule has 0 radical (unpaired) electrons. The van der Waals surface area contributed by atoms with Gasteiger partial charge < -0.3 is 19.5 Å². The highest BCUT2D eigenvalue weighted by atomic mass is 19.1. The van der Waals surface area contributed by atoms with E-state index in [0.717, 1.165) is 18.2 Å². The molecule has 0 fully saturated rings. The van der Waals surface area contributed by atoms with Gasteiger partial charge in [-0.25, -0.2) is 4.39 Å². The van der Waals surface area contributed by atoms with Gasteiger partial charge in [0.2, 0.25) is 5.75 Å². The van der Waals surface area contributed by atoms with Crippen LogP contribution in [0, 0.1) is 15.9 Å². The molecule has 0 heterocycles. The van der Waals surface area contributed by atoms with Crippen LogP contribution in [-0.4, -0.2) is 31.7 Å². The van der Waals surface area contributed by atoms with Gasteiger partial charge in [0.05, 0.1) is 24.8 Å². The molecule has 2 aromatic rings. The molecule has 0 aliphatic heterocycles. The van der Waals surface area contributed by atoms with Crippen molar-refractivity contribution in [2.45, 2.75) is 0 Å². The molecule has 1 N–H and O–H groups in total. The molecule has 0 atom stereocenters. The summed E-state index contributed by atoms with van der Waals surface area (Å²) in [4.78, 5) is 22.2. The van der Waals surface area contributed by atoms with Crippen LogP contribution >= 0.6 is 0 Å². The summed E-state index contributed by atoms with van der Waals surface area (Å²) in [5.74, 6) is -0.762. The Hall–Kier alpha value is -3.36. The van der Waals surface area contributed by atoms with Crippen LogP contribution < -0.4 is 19.5 Å². The minimum absolute atomic E-state index is 0.335. The lowest BCUT2D eigenvalue weighted by atomic mass is 10.2. The number of anilines is 1. The van der Waals surface area contributed by atoms with Crippen molar-refractivity contribution in [1.29, 1.82) is 0 Å². The number of nitro groups is 1. The number of hydrogen-bond donors (Lipinski definition) is 1. The van der Waals surface area contributed by atoms with E-state index in [0.29, 0.717) is 17.2 Å². The highest BCUT2D eigenvalue weighted by Gasteiger charge is 2.17. The third-order valence-electron chi connectivity index (χ3n) is 3.16. The predicted octanol–water partition coefficient (Wildman–Crippen LogP) is 2.77. The molecule has 2 rings (SSSR count). The molecule has 0 aliphatic carbocycles. The van der Waals surface area contributed by atoms with Gasteiger partial charge in [-0.3, -0.25) is 14.9 Å². The lowest BCUT2D eigenvalue weighted by Crippen LogP contribution is -2.21. The number of carbonyl (C=O) groups excluding carboxylic acids is 1. The first-order valence-electron chi connectivity index (χ1n) is 7.03. The van der Waals surface area contributed by atoms with Gasteiger partial charge in [0, 0.05) is 18.2 Å². The standard InChI is InChI=1S/C16H15FN2O6/c1-23-11-4-6-14(24-2)12(8-11)18-16(20)9-25-15-7-10(17)3-5-13(15)19(21)22/h3-8H,9H2,1-2H3,(H,18,20). The van der Waals surface area contributed by atoms with E-state index >= 15 is 0 Å². The number of hydrogen-bond acceptors (Lipinski definition) is 6. The number of halogens is 1. The number of rotatable bonds is 7. The van der Waals surface area contributed by atoms with Crippen molar-refractivity contribution in [3.05, 3.63) is 52.3 Å². The van der Waals surface area contributed by atoms with Gasteiger partial charge in [-0.2, -0.15) is 0 Å². The third kappa shape index (κ3) is 4.56. The molecular weight excluding hydrogens is 335 g/mol. The molecular formula is C16H15FN2O6. The molecule has 0 aromatic heterocycles. The van der Waals surface area contributed by atoms with Crippen molar-refractivity contribution in [2.24, 2.45) is 0 Å². The van der Waals surface area contributed by atoms with Crippen molar-refractivity contribution in [2.75, 3.05) is 26.1 Å². The summed E-state index contributed by atoms with van der Waals surface area (Å²) >= 11 is 0. The Kier molecular flexibility index (Phi) is 5.72. The van der Waals surface area contributed by atoms with Crippen LogP contribution in [0.2, 0.25) is 0 Å². The maximum absolute atomic E-state index is 13.2. The lowest BCUT2D eigenvalue weighted by Gasteiger charge is -2.12. The molecule has 0 unspecified atom stereocenters. The second kappa shape index (κ2) is 7.95. The normalized spacial score (nSPS) is 10.0. The van der Waals surface area contributed by atoms with E-state index in [1.165, 1.54) is 14.2 Å². The topological polar surface area (TPSA) is 99.9 Å². The Morgan fingerprint density at radius 3 is 2.56 bits per heavy atom. The van der Waals surface area contributed by atoms with Gasteiger partial charge in [-0.15, -0.1) is 0 Å². The van der Waals surface area contributed by atoms with E-state index in [4.69, 9.17) is 14.2 Å². The van der Waals surface area contributed by atoms with E-state index in [9.17, 15) is 19.3 Å². The Morgan fingerprint density at radius 2 is 1.92 bits per heavy atom. The number of nitro benzene ring substituents is 1. The van der Waals surface area contributed by atoms with Crippen LogP contribution in [0.15, 0.2) is 36.4 Å². The molecule has 9 heteroatoms. The van der Waals surface area contributed by atoms with Crippen LogP contribution in [0.5, 0.6) is 17.2 Å². The maximum Gasteiger partial charge on any atom is 0.311 e. The monoisotopic (exact) mass is 350 g/mol. The summed E-state index contributed by atoms with van der Waals surface area (Å²) in [6, 6.07) is 7.55. The van der Waals surface area contributed by atoms with E-state index < -0.39 is 28.9 Å². The van der Waals surface area contributed by atoms with Gasteiger partial charge in [-0.05, 0) is 18.2 Å². The average Bonchev–Trinajstić information content (AvgIpc) is 2.59. The second-order valence-electron chi connectivity index (χ2n) is 4.77. The lowest BCUT2D eigenvalue weighted by molar-refractivity contribution is -0.385. The quantitative estimate of drug-likeness (QED) is 0.609. The number of benzene rings is 2. The highest BCUT2D eigenvalue weighted by Crippen LogP contribution is 2.29. The third-order valence-corrected chi connectivity index (χ3v) is 3.16. The molecule has 2 aromatic carbocycles. The van der Waals surface area contributed by atoms with Crippen molar-refractivity contribution in [1.82, 2.24) is 0 Å². The van der Waals surface area contributed by atoms with E-state index in [-0.39, 0.29) is 5.75 Å². The number of methoxy groups -OCH3 is 2. The van der Waals surface area contributed by atoms with Gasteiger partial charge in [0.15, 0.2) is 6.61 Å². The largest absolute Gasteiger partial charge is 0.497 e. The van der Waals surface area contributed by atoms with Crippen LogP contribution in [0.1, 0.15) is 0 Å². The Labute approximate surface area is 142 Å². The highest BCUT2D eigenvalue weighted by molar-refractivity contribution is 5.93. The molecule has 25 heavy (non-hydrogen) atoms. The zero-order chi connectivity index (χ0) is 18.4. The first-order chi connectivity index (χ1) is 11.9. The summed E-state index contributed by atoms with van der Waals surface area (Å²) < 4.78 is 28.5. The van der Waals surface area contributed by atoms with Crippen LogP contribution in [-0.2, 0) is 4.79 Å². The summed E-state index contributed by atoms with van der Waals surface area (Å²) in [6.07, 6.45) is 0. The van der Waals surface area contributed by atoms with E-state index in [1.54, 1.807) is 18.2 Å². The van der Waals surface area contributed by atoms with Crippen molar-refractivity contribution >= 4 is 17.3 Å². The van der Waals surface area contributed by atoms with Crippen molar-refractivity contribution in [3.8, 4) is 17.2 Å². The number of ether oxygens (including phenoxy) is 3. The molecule has 0 saturated heterocycles. The van der Waals surface area contributed by atoms with Gasteiger partial charge in [0.25, 0.3) is 5.91 Å². The molecule has 0 bridgehead atoms. The summed E-state index contributed by atoms with van der Waals surface area (Å²) in [6.45, 7) is -0.551. The molecule has 132 valence electrons. The minimum atomic E-state index is -0.724. The van der Waals surface area contributed by atoms with Crippen LogP contribution in [0.25, 0.3) is 0 Å². The first-order valence-corrected chi connectivity index (χ1v) is 7.03. The second-order valence-corrected chi connectivity index (χ2v) is 4.77. The smallest absolute Gasteiger partial charge is 0.311 e. The van der Waals surface area contributed by atoms with Crippen molar-refractivity contribution < 1.29 is 28.3 Å². The molecule has 0 saturated carbocycles. The van der Waals surface area contributed by atoms with E-state index in [1.807, 2.05) is 0 Å². The van der Waals surface area contributed by atoms with Gasteiger partial charge in [-0.1, -0.05) is 0 Å². The zero-order valence-electron chi connectivity index (χ0n) is 13.4. The predicted molar refractivity (Wildman–Crippen MR) is 86.7 cm³/mol. The Morgan fingerprint density at radius 1 is 1.16 bits per heavy atom. The van der Waals surface area contributed by atoms with Crippen molar-refractivity contribution in [3.63, 3.8) is 0 Å². The number of amides is 1. The SMILES string of the molecule is COc1ccc(OC)c(NC(=O)COc2cc(F)ccc2[N+](=O)[O-])c1. The van der Waals surface area contributed by atoms with Gasteiger partial charge >= 0.3 is 5.69 Å². The summed E-state index contributed by atoms with van der Waals surface area (Å²) in [7, 11) is 2.91. The number of carbonyl (C=O) groups is 1. The number of nitrogens with one attached hydrogen (secondary N) is 1. The molecule has 0 aliphatic rings. The first kappa shape index (κ1) is 18.0. The fourth-order valence-electron chi connectivity index (χ4n) is 2.00. The number of nitrogens with zero attached hydrogens (tertiary/aromatic N) is 1. The minimum Gasteiger partial charge on any atom is -0.497 e. The molecule has 0 spiro atoms. The Bertz CT molecular complexity index is 796. The van der Waals surface area contributed by atoms with Crippen LogP contribution in [0.4, 0.5) is 15.8 Å². The molecule has 1 amide bonds. The summed E-state index contributed by atoms with van der Waals surface area (Å²) in [5, 5.41) is 13.4. The average molecular weight is 350 g/mol. The fourth-order valence-corrected chi connectivity index (χ4v) is 2.00. The zero-order valence-corrected chi connectivity index (χ0v) is 13.4. The Balaban J connectivity index is 2.09.